The first-order chi connectivity index (χ1) is 3.41. The smallest absolute Gasteiger partial charge is 0.185 e. The molecule has 0 aliphatic carbocycles. The Bertz CT molecular complexity index is 53.1. The summed E-state index contributed by atoms with van der Waals surface area (Å²) in [6.07, 6.45) is 1.75. The molecular weight excluding hydrogens is 104 g/mol. The summed E-state index contributed by atoms with van der Waals surface area (Å²) >= 11 is 0. The van der Waals surface area contributed by atoms with Crippen LogP contribution in [0.2, 0.25) is 0 Å². The standard InChI is InChI=1S/C5H10OSi/c1-3-5-6-7-4-2/h3-4H,1-2,5,7H2. The topological polar surface area (TPSA) is 9.23 Å². The van der Waals surface area contributed by atoms with Crippen molar-refractivity contribution in [1.82, 2.24) is 0 Å². The van der Waals surface area contributed by atoms with E-state index in [0.717, 1.165) is 0 Å². The van der Waals surface area contributed by atoms with Crippen LogP contribution in [0.15, 0.2) is 24.9 Å². The van der Waals surface area contributed by atoms with E-state index in [-0.39, 0.29) is 0 Å². The van der Waals surface area contributed by atoms with Crippen LogP contribution in [0.1, 0.15) is 0 Å². The van der Waals surface area contributed by atoms with Crippen LogP contribution in [0.4, 0.5) is 0 Å². The predicted molar refractivity (Wildman–Crippen MR) is 34.9 cm³/mol. The molecule has 0 spiro atoms. The zero-order valence-electron chi connectivity index (χ0n) is 4.39. The van der Waals surface area contributed by atoms with E-state index in [1.807, 2.05) is 5.70 Å². The van der Waals surface area contributed by atoms with Crippen molar-refractivity contribution in [2.24, 2.45) is 0 Å². The Labute approximate surface area is 46.6 Å². The molecule has 0 aliphatic rings. The van der Waals surface area contributed by atoms with Crippen molar-refractivity contribution in [2.45, 2.75) is 0 Å². The van der Waals surface area contributed by atoms with Gasteiger partial charge in [0.2, 0.25) is 0 Å². The summed E-state index contributed by atoms with van der Waals surface area (Å²) in [7, 11) is -0.397. The van der Waals surface area contributed by atoms with Gasteiger partial charge < -0.3 is 4.43 Å². The summed E-state index contributed by atoms with van der Waals surface area (Å²) < 4.78 is 5.03. The fourth-order valence-electron chi connectivity index (χ4n) is 0.235. The van der Waals surface area contributed by atoms with Crippen molar-refractivity contribution in [3.8, 4) is 0 Å². The first-order valence-corrected chi connectivity index (χ1v) is 3.60. The van der Waals surface area contributed by atoms with E-state index in [0.29, 0.717) is 6.61 Å². The molecule has 40 valence electrons. The molecule has 0 unspecified atom stereocenters. The van der Waals surface area contributed by atoms with Gasteiger partial charge in [-0.3, -0.25) is 0 Å². The third-order valence-electron chi connectivity index (χ3n) is 0.471. The number of rotatable bonds is 4. The Morgan fingerprint density at radius 2 is 2.29 bits per heavy atom. The van der Waals surface area contributed by atoms with Gasteiger partial charge in [-0.2, -0.15) is 0 Å². The van der Waals surface area contributed by atoms with Crippen molar-refractivity contribution in [3.05, 3.63) is 24.9 Å². The third-order valence-corrected chi connectivity index (χ3v) is 1.18. The molecule has 0 saturated heterocycles. The van der Waals surface area contributed by atoms with Gasteiger partial charge in [0.25, 0.3) is 0 Å². The molecule has 1 nitrogen and oxygen atoms in total. The van der Waals surface area contributed by atoms with Crippen LogP contribution in [0.25, 0.3) is 0 Å². The van der Waals surface area contributed by atoms with Crippen LogP contribution in [-0.2, 0) is 4.43 Å². The van der Waals surface area contributed by atoms with Crippen LogP contribution < -0.4 is 0 Å². The highest BCUT2D eigenvalue weighted by Gasteiger charge is 1.72. The Morgan fingerprint density at radius 3 is 2.71 bits per heavy atom. The lowest BCUT2D eigenvalue weighted by molar-refractivity contribution is 0.392. The molecule has 0 rings (SSSR count). The lowest BCUT2D eigenvalue weighted by Gasteiger charge is -1.89. The lowest BCUT2D eigenvalue weighted by atomic mass is 10.7. The molecule has 7 heavy (non-hydrogen) atoms. The Balaban J connectivity index is 2.68. The van der Waals surface area contributed by atoms with Crippen molar-refractivity contribution >= 4 is 9.76 Å². The first-order valence-electron chi connectivity index (χ1n) is 2.21. The lowest BCUT2D eigenvalue weighted by Crippen LogP contribution is -1.92. The minimum Gasteiger partial charge on any atom is -0.416 e. The monoisotopic (exact) mass is 114 g/mol. The molecule has 0 fully saturated rings. The Kier molecular flexibility index (Phi) is 5.38. The zero-order valence-corrected chi connectivity index (χ0v) is 5.81. The zero-order chi connectivity index (χ0) is 5.54. The van der Waals surface area contributed by atoms with E-state index < -0.39 is 9.76 Å². The molecule has 0 aromatic rings. The Hall–Kier alpha value is -0.343. The summed E-state index contributed by atoms with van der Waals surface area (Å²) in [6.45, 7) is 7.71. The first kappa shape index (κ1) is 6.66. The fourth-order valence-corrected chi connectivity index (χ4v) is 0.704. The Morgan fingerprint density at radius 1 is 1.57 bits per heavy atom. The summed E-state index contributed by atoms with van der Waals surface area (Å²) in [6, 6.07) is 0. The molecule has 0 radical (unpaired) electrons. The summed E-state index contributed by atoms with van der Waals surface area (Å²) in [5.74, 6) is 0. The molecule has 2 heteroatoms. The molecule has 0 N–H and O–H groups in total. The molecule has 0 aromatic carbocycles. The van der Waals surface area contributed by atoms with E-state index in [1.54, 1.807) is 6.08 Å². The van der Waals surface area contributed by atoms with Crippen LogP contribution in [-0.4, -0.2) is 16.4 Å². The number of hydrogen-bond donors (Lipinski definition) is 0. The van der Waals surface area contributed by atoms with Gasteiger partial charge in [0.1, 0.15) is 0 Å². The van der Waals surface area contributed by atoms with Gasteiger partial charge in [-0.1, -0.05) is 11.8 Å². The number of hydrogen-bond acceptors (Lipinski definition) is 1. The summed E-state index contributed by atoms with van der Waals surface area (Å²) in [4.78, 5) is 0. The van der Waals surface area contributed by atoms with E-state index in [9.17, 15) is 0 Å². The van der Waals surface area contributed by atoms with Gasteiger partial charge in [-0.05, 0) is 0 Å². The fraction of sp³-hybridized carbons (Fsp3) is 0.200. The van der Waals surface area contributed by atoms with E-state index in [1.165, 1.54) is 0 Å². The quantitative estimate of drug-likeness (QED) is 0.292. The van der Waals surface area contributed by atoms with Gasteiger partial charge in [0.15, 0.2) is 9.76 Å². The highest BCUT2D eigenvalue weighted by atomic mass is 28.2. The second-order valence-electron chi connectivity index (χ2n) is 1.11. The maximum atomic E-state index is 5.03. The molecule has 0 heterocycles. The van der Waals surface area contributed by atoms with Crippen LogP contribution in [0.5, 0.6) is 0 Å². The average molecular weight is 114 g/mol. The van der Waals surface area contributed by atoms with E-state index in [4.69, 9.17) is 4.43 Å². The molecule has 0 aliphatic heterocycles. The molecule has 0 saturated carbocycles. The highest BCUT2D eigenvalue weighted by Crippen LogP contribution is 1.69. The van der Waals surface area contributed by atoms with Gasteiger partial charge in [-0.25, -0.2) is 0 Å². The minimum atomic E-state index is -0.397. The van der Waals surface area contributed by atoms with E-state index >= 15 is 0 Å². The maximum Gasteiger partial charge on any atom is 0.185 e. The van der Waals surface area contributed by atoms with E-state index in [2.05, 4.69) is 13.2 Å². The van der Waals surface area contributed by atoms with Crippen molar-refractivity contribution in [3.63, 3.8) is 0 Å². The molecule has 0 bridgehead atoms. The van der Waals surface area contributed by atoms with Crippen molar-refractivity contribution in [2.75, 3.05) is 6.61 Å². The summed E-state index contributed by atoms with van der Waals surface area (Å²) in [5, 5.41) is 0. The largest absolute Gasteiger partial charge is 0.416 e. The molecule has 0 amide bonds. The predicted octanol–water partition coefficient (Wildman–Crippen LogP) is 0.416. The normalized spacial score (nSPS) is 9.71. The van der Waals surface area contributed by atoms with Crippen LogP contribution >= 0.6 is 0 Å². The summed E-state index contributed by atoms with van der Waals surface area (Å²) in [5.41, 5.74) is 1.85. The minimum absolute atomic E-state index is 0.397. The average Bonchev–Trinajstić information content (AvgIpc) is 1.69. The van der Waals surface area contributed by atoms with Crippen LogP contribution in [0, 0.1) is 0 Å². The van der Waals surface area contributed by atoms with Gasteiger partial charge in [-0.15, -0.1) is 13.2 Å². The highest BCUT2D eigenvalue weighted by molar-refractivity contribution is 6.34. The van der Waals surface area contributed by atoms with Crippen molar-refractivity contribution in [1.29, 1.82) is 0 Å². The third kappa shape index (κ3) is 5.66. The SMILES string of the molecule is C=CCO[SiH2]C=C. The molecule has 0 aromatic heterocycles. The van der Waals surface area contributed by atoms with Gasteiger partial charge in [0, 0.05) is 0 Å². The maximum absolute atomic E-state index is 5.03. The second kappa shape index (κ2) is 5.66. The van der Waals surface area contributed by atoms with Crippen molar-refractivity contribution < 1.29 is 4.43 Å². The second-order valence-corrected chi connectivity index (χ2v) is 2.43. The molecular formula is C5H10OSi. The molecule has 0 atom stereocenters. The van der Waals surface area contributed by atoms with Gasteiger partial charge >= 0.3 is 0 Å². The van der Waals surface area contributed by atoms with Crippen LogP contribution in [0.3, 0.4) is 0 Å². The van der Waals surface area contributed by atoms with Gasteiger partial charge in [0.05, 0.1) is 6.61 Å².